The number of benzene rings is 1. The zero-order chi connectivity index (χ0) is 18.2. The Morgan fingerprint density at radius 3 is 2.68 bits per heavy atom. The SMILES string of the molecule is CN=C(NCCOc1c(Cl)cc(Cl)cc1Cl)NCC1CN(C)CCO1. The highest BCUT2D eigenvalue weighted by Gasteiger charge is 2.17. The van der Waals surface area contributed by atoms with E-state index in [2.05, 4.69) is 27.6 Å². The van der Waals surface area contributed by atoms with E-state index in [1.807, 2.05) is 0 Å². The van der Waals surface area contributed by atoms with Crippen LogP contribution < -0.4 is 15.4 Å². The number of nitrogens with one attached hydrogen (secondary N) is 2. The van der Waals surface area contributed by atoms with Crippen molar-refractivity contribution >= 4 is 40.8 Å². The van der Waals surface area contributed by atoms with Gasteiger partial charge in [0.15, 0.2) is 11.7 Å². The van der Waals surface area contributed by atoms with E-state index in [0.717, 1.165) is 19.7 Å². The number of hydrogen-bond donors (Lipinski definition) is 2. The Bertz CT molecular complexity index is 578. The fourth-order valence-corrected chi connectivity index (χ4v) is 3.34. The van der Waals surface area contributed by atoms with Gasteiger partial charge in [-0.15, -0.1) is 0 Å². The Kier molecular flexibility index (Phi) is 8.39. The minimum atomic E-state index is 0.153. The smallest absolute Gasteiger partial charge is 0.191 e. The molecule has 1 unspecified atom stereocenters. The van der Waals surface area contributed by atoms with Crippen LogP contribution in [-0.2, 0) is 4.74 Å². The second kappa shape index (κ2) is 10.3. The van der Waals surface area contributed by atoms with Gasteiger partial charge < -0.3 is 25.0 Å². The molecule has 1 aliphatic rings. The van der Waals surface area contributed by atoms with Gasteiger partial charge in [0.2, 0.25) is 0 Å². The summed E-state index contributed by atoms with van der Waals surface area (Å²) in [5.41, 5.74) is 0. The van der Waals surface area contributed by atoms with Crippen LogP contribution in [0.4, 0.5) is 0 Å². The Morgan fingerprint density at radius 2 is 2.04 bits per heavy atom. The lowest BCUT2D eigenvalue weighted by Crippen LogP contribution is -2.48. The zero-order valence-electron chi connectivity index (χ0n) is 14.3. The van der Waals surface area contributed by atoms with Gasteiger partial charge in [0.25, 0.3) is 0 Å². The van der Waals surface area contributed by atoms with Crippen LogP contribution in [0.15, 0.2) is 17.1 Å². The van der Waals surface area contributed by atoms with E-state index in [1.54, 1.807) is 19.2 Å². The van der Waals surface area contributed by atoms with Gasteiger partial charge in [0, 0.05) is 31.7 Å². The summed E-state index contributed by atoms with van der Waals surface area (Å²) in [6.45, 7) is 4.24. The highest BCUT2D eigenvalue weighted by atomic mass is 35.5. The molecule has 1 fully saturated rings. The molecule has 1 heterocycles. The molecule has 1 aromatic carbocycles. The van der Waals surface area contributed by atoms with Crippen LogP contribution in [0.25, 0.3) is 0 Å². The van der Waals surface area contributed by atoms with Crippen LogP contribution in [-0.4, -0.2) is 70.5 Å². The standard InChI is InChI=1S/C16H23Cl3N4O2/c1-20-16(22-9-12-10-23(2)4-6-24-12)21-3-5-25-15-13(18)7-11(17)8-14(15)19/h7-8,12H,3-6,9-10H2,1-2H3,(H2,20,21,22). The summed E-state index contributed by atoms with van der Waals surface area (Å²) in [6, 6.07) is 3.19. The van der Waals surface area contributed by atoms with Crippen LogP contribution in [0, 0.1) is 0 Å². The maximum atomic E-state index is 6.08. The minimum absolute atomic E-state index is 0.153. The number of hydrogen-bond acceptors (Lipinski definition) is 4. The first-order valence-electron chi connectivity index (χ1n) is 8.01. The van der Waals surface area contributed by atoms with Gasteiger partial charge in [0.05, 0.1) is 29.3 Å². The predicted molar refractivity (Wildman–Crippen MR) is 104 cm³/mol. The zero-order valence-corrected chi connectivity index (χ0v) is 16.6. The molecule has 1 saturated heterocycles. The molecular weight excluding hydrogens is 387 g/mol. The quantitative estimate of drug-likeness (QED) is 0.429. The number of ether oxygens (including phenoxy) is 2. The number of rotatable bonds is 6. The molecule has 2 rings (SSSR count). The molecule has 9 heteroatoms. The summed E-state index contributed by atoms with van der Waals surface area (Å²) in [5.74, 6) is 1.12. The van der Waals surface area contributed by atoms with Crippen molar-refractivity contribution in [3.05, 3.63) is 27.2 Å². The third kappa shape index (κ3) is 6.72. The van der Waals surface area contributed by atoms with Crippen molar-refractivity contribution in [3.8, 4) is 5.75 Å². The van der Waals surface area contributed by atoms with E-state index in [0.29, 0.717) is 46.5 Å². The molecule has 2 N–H and O–H groups in total. The van der Waals surface area contributed by atoms with Crippen LogP contribution >= 0.6 is 34.8 Å². The maximum Gasteiger partial charge on any atom is 0.191 e. The Labute approximate surface area is 163 Å². The second-order valence-corrected chi connectivity index (χ2v) is 6.93. The largest absolute Gasteiger partial charge is 0.489 e. The first-order chi connectivity index (χ1) is 12.0. The fraction of sp³-hybridized carbons (Fsp3) is 0.562. The van der Waals surface area contributed by atoms with Gasteiger partial charge >= 0.3 is 0 Å². The summed E-state index contributed by atoms with van der Waals surface area (Å²) in [4.78, 5) is 6.43. The van der Waals surface area contributed by atoms with Crippen LogP contribution in [0.5, 0.6) is 5.75 Å². The van der Waals surface area contributed by atoms with E-state index in [1.165, 1.54) is 0 Å². The maximum absolute atomic E-state index is 6.08. The molecule has 0 amide bonds. The highest BCUT2D eigenvalue weighted by molar-refractivity contribution is 6.40. The molecule has 25 heavy (non-hydrogen) atoms. The molecule has 0 aliphatic carbocycles. The van der Waals surface area contributed by atoms with Gasteiger partial charge in [-0.25, -0.2) is 0 Å². The fourth-order valence-electron chi connectivity index (χ4n) is 2.41. The molecule has 0 spiro atoms. The number of guanidine groups is 1. The third-order valence-electron chi connectivity index (χ3n) is 3.67. The second-order valence-electron chi connectivity index (χ2n) is 5.68. The molecule has 140 valence electrons. The topological polar surface area (TPSA) is 58.1 Å². The van der Waals surface area contributed by atoms with E-state index in [9.17, 15) is 0 Å². The summed E-state index contributed by atoms with van der Waals surface area (Å²) in [5, 5.41) is 7.67. The van der Waals surface area contributed by atoms with Crippen molar-refractivity contribution in [1.82, 2.24) is 15.5 Å². The van der Waals surface area contributed by atoms with E-state index in [-0.39, 0.29) is 6.10 Å². The predicted octanol–water partition coefficient (Wildman–Crippen LogP) is 2.52. The number of halogens is 3. The number of morpholine rings is 1. The van der Waals surface area contributed by atoms with Crippen molar-refractivity contribution in [2.45, 2.75) is 6.10 Å². The summed E-state index contributed by atoms with van der Waals surface area (Å²) >= 11 is 18.0. The molecule has 1 aliphatic heterocycles. The summed E-state index contributed by atoms with van der Waals surface area (Å²) < 4.78 is 11.3. The van der Waals surface area contributed by atoms with Crippen molar-refractivity contribution in [2.75, 3.05) is 53.5 Å². The first kappa shape index (κ1) is 20.4. The minimum Gasteiger partial charge on any atom is -0.489 e. The molecule has 1 atom stereocenters. The molecule has 0 aromatic heterocycles. The monoisotopic (exact) mass is 408 g/mol. The van der Waals surface area contributed by atoms with E-state index >= 15 is 0 Å². The average Bonchev–Trinajstić information content (AvgIpc) is 2.56. The lowest BCUT2D eigenvalue weighted by Gasteiger charge is -2.30. The van der Waals surface area contributed by atoms with Gasteiger partial charge in [-0.05, 0) is 19.2 Å². The lowest BCUT2D eigenvalue weighted by molar-refractivity contribution is -0.0161. The number of aliphatic imine (C=N–C) groups is 1. The summed E-state index contributed by atoms with van der Waals surface area (Å²) in [7, 11) is 3.81. The van der Waals surface area contributed by atoms with Crippen LogP contribution in [0.2, 0.25) is 15.1 Å². The van der Waals surface area contributed by atoms with E-state index in [4.69, 9.17) is 44.3 Å². The third-order valence-corrected chi connectivity index (χ3v) is 4.45. The molecular formula is C16H23Cl3N4O2. The van der Waals surface area contributed by atoms with Crippen LogP contribution in [0.1, 0.15) is 0 Å². The summed E-state index contributed by atoms with van der Waals surface area (Å²) in [6.07, 6.45) is 0.153. The number of likely N-dealkylation sites (N-methyl/N-ethyl adjacent to an activating group) is 1. The normalized spacial score (nSPS) is 18.9. The lowest BCUT2D eigenvalue weighted by atomic mass is 10.3. The van der Waals surface area contributed by atoms with Gasteiger partial charge in [-0.2, -0.15) is 0 Å². The van der Waals surface area contributed by atoms with Crippen LogP contribution in [0.3, 0.4) is 0 Å². The van der Waals surface area contributed by atoms with Gasteiger partial charge in [-0.1, -0.05) is 34.8 Å². The molecule has 0 saturated carbocycles. The molecule has 6 nitrogen and oxygen atoms in total. The van der Waals surface area contributed by atoms with E-state index < -0.39 is 0 Å². The average molecular weight is 410 g/mol. The molecule has 0 radical (unpaired) electrons. The number of nitrogens with zero attached hydrogens (tertiary/aromatic N) is 2. The Balaban J connectivity index is 1.71. The molecule has 0 bridgehead atoms. The van der Waals surface area contributed by atoms with Crippen molar-refractivity contribution in [3.63, 3.8) is 0 Å². The Hall–Kier alpha value is -0.920. The van der Waals surface area contributed by atoms with Crippen molar-refractivity contribution < 1.29 is 9.47 Å². The molecule has 1 aromatic rings. The first-order valence-corrected chi connectivity index (χ1v) is 9.15. The highest BCUT2D eigenvalue weighted by Crippen LogP contribution is 2.35. The van der Waals surface area contributed by atoms with Crippen molar-refractivity contribution in [1.29, 1.82) is 0 Å². The Morgan fingerprint density at radius 1 is 1.32 bits per heavy atom. The van der Waals surface area contributed by atoms with Crippen molar-refractivity contribution in [2.24, 2.45) is 4.99 Å². The van der Waals surface area contributed by atoms with Gasteiger partial charge in [0.1, 0.15) is 6.61 Å². The van der Waals surface area contributed by atoms with Gasteiger partial charge in [-0.3, -0.25) is 4.99 Å².